The fraction of sp³-hybridized carbons (Fsp3) is 0.417. The number of nitro benzene ring substituents is 1. The van der Waals surface area contributed by atoms with Crippen LogP contribution in [0.25, 0.3) is 0 Å². The maximum atomic E-state index is 11.6. The average molecular weight is 250 g/mol. The zero-order valence-corrected chi connectivity index (χ0v) is 9.96. The van der Waals surface area contributed by atoms with E-state index in [9.17, 15) is 14.9 Å². The lowest BCUT2D eigenvalue weighted by atomic mass is 9.94. The molecule has 0 aromatic heterocycles. The van der Waals surface area contributed by atoms with E-state index in [1.807, 2.05) is 0 Å². The van der Waals surface area contributed by atoms with Gasteiger partial charge in [-0.05, 0) is 18.5 Å². The minimum atomic E-state index is -0.439. The van der Waals surface area contributed by atoms with E-state index in [1.165, 1.54) is 19.2 Å². The second-order valence-electron chi connectivity index (χ2n) is 4.20. The molecule has 1 aromatic rings. The van der Waals surface area contributed by atoms with Crippen molar-refractivity contribution in [2.45, 2.75) is 12.5 Å². The first kappa shape index (κ1) is 12.5. The third-order valence-corrected chi connectivity index (χ3v) is 3.17. The Morgan fingerprint density at radius 2 is 2.33 bits per heavy atom. The standard InChI is InChI=1S/C12H14N2O4/c1-18-12(15)10-5-6-13-11(10)8-3-2-4-9(7-8)14(16)17/h2-4,7,10-11,13H,5-6H2,1H3/t10-,11-/m0/s1. The van der Waals surface area contributed by atoms with Gasteiger partial charge in [0.05, 0.1) is 18.0 Å². The maximum absolute atomic E-state index is 11.6. The molecule has 18 heavy (non-hydrogen) atoms. The normalized spacial score (nSPS) is 22.7. The molecule has 6 heteroatoms. The molecule has 0 aliphatic carbocycles. The summed E-state index contributed by atoms with van der Waals surface area (Å²) in [7, 11) is 1.35. The second-order valence-corrected chi connectivity index (χ2v) is 4.20. The van der Waals surface area contributed by atoms with E-state index in [0.717, 1.165) is 5.56 Å². The van der Waals surface area contributed by atoms with Crippen LogP contribution in [0.4, 0.5) is 5.69 Å². The zero-order chi connectivity index (χ0) is 13.1. The van der Waals surface area contributed by atoms with E-state index in [2.05, 4.69) is 5.32 Å². The summed E-state index contributed by atoms with van der Waals surface area (Å²) in [4.78, 5) is 21.9. The van der Waals surface area contributed by atoms with Crippen LogP contribution < -0.4 is 5.32 Å². The molecule has 0 radical (unpaired) electrons. The Bertz CT molecular complexity index is 475. The summed E-state index contributed by atoms with van der Waals surface area (Å²) < 4.78 is 4.75. The molecule has 1 aliphatic heterocycles. The third kappa shape index (κ3) is 2.33. The van der Waals surface area contributed by atoms with Crippen LogP contribution in [0.2, 0.25) is 0 Å². The zero-order valence-electron chi connectivity index (χ0n) is 9.96. The van der Waals surface area contributed by atoms with Crippen LogP contribution in [-0.4, -0.2) is 24.5 Å². The molecule has 0 saturated carbocycles. The predicted molar refractivity (Wildman–Crippen MR) is 64.0 cm³/mol. The van der Waals surface area contributed by atoms with Crippen LogP contribution in [0.5, 0.6) is 0 Å². The molecule has 1 N–H and O–H groups in total. The number of nitrogens with zero attached hydrogens (tertiary/aromatic N) is 1. The Morgan fingerprint density at radius 1 is 1.56 bits per heavy atom. The molecule has 2 atom stereocenters. The number of esters is 1. The molecule has 0 bridgehead atoms. The maximum Gasteiger partial charge on any atom is 0.310 e. The number of methoxy groups -OCH3 is 1. The summed E-state index contributed by atoms with van der Waals surface area (Å²) in [6.45, 7) is 0.702. The van der Waals surface area contributed by atoms with Gasteiger partial charge in [0.25, 0.3) is 5.69 Å². The van der Waals surface area contributed by atoms with Crippen molar-refractivity contribution in [1.82, 2.24) is 5.32 Å². The monoisotopic (exact) mass is 250 g/mol. The molecule has 96 valence electrons. The van der Waals surface area contributed by atoms with Crippen molar-refractivity contribution >= 4 is 11.7 Å². The molecule has 1 aliphatic rings. The fourth-order valence-corrected chi connectivity index (χ4v) is 2.29. The highest BCUT2D eigenvalue weighted by atomic mass is 16.6. The van der Waals surface area contributed by atoms with Crippen molar-refractivity contribution < 1.29 is 14.5 Å². The van der Waals surface area contributed by atoms with Crippen molar-refractivity contribution in [3.8, 4) is 0 Å². The largest absolute Gasteiger partial charge is 0.469 e. The molecule has 0 amide bonds. The molecule has 1 fully saturated rings. The van der Waals surface area contributed by atoms with E-state index in [4.69, 9.17) is 4.74 Å². The van der Waals surface area contributed by atoms with Gasteiger partial charge in [-0.25, -0.2) is 0 Å². The Hall–Kier alpha value is -1.95. The van der Waals surface area contributed by atoms with Gasteiger partial charge in [0.1, 0.15) is 0 Å². The molecule has 0 unspecified atom stereocenters. The first-order valence-electron chi connectivity index (χ1n) is 5.69. The second kappa shape index (κ2) is 5.14. The number of ether oxygens (including phenoxy) is 1. The van der Waals surface area contributed by atoms with Gasteiger partial charge >= 0.3 is 5.97 Å². The van der Waals surface area contributed by atoms with E-state index < -0.39 is 4.92 Å². The van der Waals surface area contributed by atoms with Crippen molar-refractivity contribution in [3.05, 3.63) is 39.9 Å². The Kier molecular flexibility index (Phi) is 3.57. The van der Waals surface area contributed by atoms with Crippen LogP contribution in [0.3, 0.4) is 0 Å². The summed E-state index contributed by atoms with van der Waals surface area (Å²) in [5.74, 6) is -0.562. The topological polar surface area (TPSA) is 81.5 Å². The molecule has 1 saturated heterocycles. The number of hydrogen-bond acceptors (Lipinski definition) is 5. The highest BCUT2D eigenvalue weighted by Gasteiger charge is 2.35. The van der Waals surface area contributed by atoms with Gasteiger partial charge in [-0.15, -0.1) is 0 Å². The Labute approximate surface area is 104 Å². The molecular weight excluding hydrogens is 236 g/mol. The third-order valence-electron chi connectivity index (χ3n) is 3.17. The number of non-ortho nitro benzene ring substituents is 1. The van der Waals surface area contributed by atoms with Crippen LogP contribution in [0, 0.1) is 16.0 Å². The van der Waals surface area contributed by atoms with E-state index in [0.29, 0.717) is 13.0 Å². The molecular formula is C12H14N2O4. The number of nitro groups is 1. The van der Waals surface area contributed by atoms with Crippen LogP contribution in [0.1, 0.15) is 18.0 Å². The van der Waals surface area contributed by atoms with Crippen molar-refractivity contribution in [2.24, 2.45) is 5.92 Å². The van der Waals surface area contributed by atoms with Gasteiger partial charge < -0.3 is 10.1 Å². The minimum absolute atomic E-state index is 0.0322. The summed E-state index contributed by atoms with van der Waals surface area (Å²) in [5.41, 5.74) is 0.780. The van der Waals surface area contributed by atoms with Crippen LogP contribution in [-0.2, 0) is 9.53 Å². The summed E-state index contributed by atoms with van der Waals surface area (Å²) >= 11 is 0. The first-order valence-corrected chi connectivity index (χ1v) is 5.69. The van der Waals surface area contributed by atoms with Gasteiger partial charge in [0, 0.05) is 18.2 Å². The number of benzene rings is 1. The van der Waals surface area contributed by atoms with E-state index in [-0.39, 0.29) is 23.6 Å². The van der Waals surface area contributed by atoms with Crippen LogP contribution in [0.15, 0.2) is 24.3 Å². The number of carbonyl (C=O) groups is 1. The fourth-order valence-electron chi connectivity index (χ4n) is 2.29. The lowest BCUT2D eigenvalue weighted by Crippen LogP contribution is -2.24. The molecule has 1 aromatic carbocycles. The molecule has 2 rings (SSSR count). The summed E-state index contributed by atoms with van der Waals surface area (Å²) in [5, 5.41) is 13.9. The van der Waals surface area contributed by atoms with Gasteiger partial charge in [-0.1, -0.05) is 12.1 Å². The van der Waals surface area contributed by atoms with E-state index >= 15 is 0 Å². The molecule has 0 spiro atoms. The average Bonchev–Trinajstić information content (AvgIpc) is 2.87. The summed E-state index contributed by atoms with van der Waals surface area (Å²) in [6.07, 6.45) is 0.681. The molecule has 1 heterocycles. The minimum Gasteiger partial charge on any atom is -0.469 e. The van der Waals surface area contributed by atoms with Crippen molar-refractivity contribution in [1.29, 1.82) is 0 Å². The quantitative estimate of drug-likeness (QED) is 0.498. The number of rotatable bonds is 3. The van der Waals surface area contributed by atoms with Gasteiger partial charge in [-0.3, -0.25) is 14.9 Å². The SMILES string of the molecule is COC(=O)[C@H]1CCN[C@H]1c1cccc([N+](=O)[O-])c1. The van der Waals surface area contributed by atoms with Gasteiger partial charge in [0.2, 0.25) is 0 Å². The lowest BCUT2D eigenvalue weighted by Gasteiger charge is -2.17. The van der Waals surface area contributed by atoms with Gasteiger partial charge in [-0.2, -0.15) is 0 Å². The van der Waals surface area contributed by atoms with Crippen molar-refractivity contribution in [2.75, 3.05) is 13.7 Å². The van der Waals surface area contributed by atoms with Crippen molar-refractivity contribution in [3.63, 3.8) is 0 Å². The highest BCUT2D eigenvalue weighted by molar-refractivity contribution is 5.74. The first-order chi connectivity index (χ1) is 8.63. The highest BCUT2D eigenvalue weighted by Crippen LogP contribution is 2.31. The predicted octanol–water partition coefficient (Wildman–Crippen LogP) is 1.42. The molecule has 6 nitrogen and oxygen atoms in total. The number of carbonyl (C=O) groups excluding carboxylic acids is 1. The van der Waals surface area contributed by atoms with Gasteiger partial charge in [0.15, 0.2) is 0 Å². The Morgan fingerprint density at radius 3 is 3.00 bits per heavy atom. The Balaban J connectivity index is 2.27. The number of nitrogens with one attached hydrogen (secondary N) is 1. The summed E-state index contributed by atoms with van der Waals surface area (Å²) in [6, 6.07) is 6.13. The lowest BCUT2D eigenvalue weighted by molar-refractivity contribution is -0.384. The van der Waals surface area contributed by atoms with Crippen LogP contribution >= 0.6 is 0 Å². The smallest absolute Gasteiger partial charge is 0.310 e. The van der Waals surface area contributed by atoms with E-state index in [1.54, 1.807) is 12.1 Å². The number of hydrogen-bond donors (Lipinski definition) is 1.